The normalized spacial score (nSPS) is 26.8. The number of nitrogens with zero attached hydrogens (tertiary/aromatic N) is 4. The number of anilines is 1. The predicted octanol–water partition coefficient (Wildman–Crippen LogP) is 3.59. The third-order valence-electron chi connectivity index (χ3n) is 7.15. The highest BCUT2D eigenvalue weighted by Crippen LogP contribution is 2.36. The summed E-state index contributed by atoms with van der Waals surface area (Å²) in [5, 5.41) is 0.984. The number of carbonyl (C=O) groups is 2. The van der Waals surface area contributed by atoms with Crippen LogP contribution >= 0.6 is 11.3 Å². The summed E-state index contributed by atoms with van der Waals surface area (Å²) in [7, 11) is 0. The predicted molar refractivity (Wildman–Crippen MR) is 121 cm³/mol. The largest absolute Gasteiger partial charge is 0.442 e. The second-order valence-corrected chi connectivity index (χ2v) is 10.5. The van der Waals surface area contributed by atoms with Crippen molar-refractivity contribution in [3.8, 4) is 0 Å². The molecule has 0 saturated carbocycles. The lowest BCUT2D eigenvalue weighted by atomic mass is 9.94. The molecule has 3 saturated heterocycles. The van der Waals surface area contributed by atoms with Crippen LogP contribution in [0.25, 0.3) is 10.2 Å². The van der Waals surface area contributed by atoms with Gasteiger partial charge in [-0.05, 0) is 30.4 Å². The van der Waals surface area contributed by atoms with Crippen LogP contribution in [0, 0.1) is 11.8 Å². The lowest BCUT2D eigenvalue weighted by Crippen LogP contribution is -2.46. The van der Waals surface area contributed by atoms with Gasteiger partial charge in [0.05, 0.1) is 28.8 Å². The Hall–Kier alpha value is -2.35. The number of hydrogen-bond acceptors (Lipinski definition) is 6. The molecule has 5 rings (SSSR count). The fraction of sp³-hybridized carbons (Fsp3) is 0.609. The molecule has 0 N–H and O–H groups in total. The van der Waals surface area contributed by atoms with Gasteiger partial charge in [0.25, 0.3) is 0 Å². The molecule has 2 aromatic rings. The van der Waals surface area contributed by atoms with E-state index in [0.717, 1.165) is 30.2 Å². The quantitative estimate of drug-likeness (QED) is 0.708. The van der Waals surface area contributed by atoms with E-state index in [2.05, 4.69) is 31.7 Å². The number of amides is 2. The fourth-order valence-electron chi connectivity index (χ4n) is 4.87. The molecule has 4 heterocycles. The van der Waals surface area contributed by atoms with Crippen molar-refractivity contribution in [3.63, 3.8) is 0 Å². The van der Waals surface area contributed by atoms with Gasteiger partial charge in [0, 0.05) is 26.1 Å². The van der Waals surface area contributed by atoms with E-state index in [4.69, 9.17) is 9.72 Å². The average Bonchev–Trinajstić information content (AvgIpc) is 3.49. The monoisotopic (exact) mass is 442 g/mol. The van der Waals surface area contributed by atoms with Crippen LogP contribution < -0.4 is 4.90 Å². The minimum Gasteiger partial charge on any atom is -0.442 e. The van der Waals surface area contributed by atoms with E-state index in [-0.39, 0.29) is 30.2 Å². The summed E-state index contributed by atoms with van der Waals surface area (Å²) >= 11 is 1.68. The molecule has 2 amide bonds. The van der Waals surface area contributed by atoms with E-state index < -0.39 is 0 Å². The lowest BCUT2D eigenvalue weighted by Gasteiger charge is -2.28. The summed E-state index contributed by atoms with van der Waals surface area (Å²) in [6, 6.07) is 8.21. The Balaban J connectivity index is 1.25. The highest BCUT2D eigenvalue weighted by molar-refractivity contribution is 7.22. The van der Waals surface area contributed by atoms with Crippen LogP contribution in [-0.4, -0.2) is 71.2 Å². The van der Waals surface area contributed by atoms with Gasteiger partial charge in [0.15, 0.2) is 5.13 Å². The Kier molecular flexibility index (Phi) is 5.28. The maximum atomic E-state index is 12.7. The first-order valence-corrected chi connectivity index (χ1v) is 12.1. The first-order valence-electron chi connectivity index (χ1n) is 11.3. The molecule has 8 heteroatoms. The molecule has 0 spiro atoms. The first kappa shape index (κ1) is 20.5. The summed E-state index contributed by atoms with van der Waals surface area (Å²) in [4.78, 5) is 36.3. The molecule has 3 fully saturated rings. The topological polar surface area (TPSA) is 66.0 Å². The van der Waals surface area contributed by atoms with Crippen molar-refractivity contribution >= 4 is 38.7 Å². The molecule has 166 valence electrons. The minimum atomic E-state index is -0.228. The summed E-state index contributed by atoms with van der Waals surface area (Å²) in [6.07, 6.45) is 1.03. The Morgan fingerprint density at radius 3 is 2.81 bits per heavy atom. The van der Waals surface area contributed by atoms with Crippen LogP contribution in [0.5, 0.6) is 0 Å². The average molecular weight is 443 g/mol. The zero-order valence-corrected chi connectivity index (χ0v) is 19.2. The summed E-state index contributed by atoms with van der Waals surface area (Å²) in [5.41, 5.74) is 1.01. The maximum Gasteiger partial charge on any atom is 0.410 e. The van der Waals surface area contributed by atoms with Gasteiger partial charge in [-0.3, -0.25) is 9.69 Å². The molecule has 2 unspecified atom stereocenters. The highest BCUT2D eigenvalue weighted by atomic mass is 32.1. The number of carbonyl (C=O) groups excluding carboxylic acids is 2. The molecule has 31 heavy (non-hydrogen) atoms. The van der Waals surface area contributed by atoms with Crippen LogP contribution in [0.3, 0.4) is 0 Å². The van der Waals surface area contributed by atoms with Crippen molar-refractivity contribution in [1.29, 1.82) is 0 Å². The molecule has 0 aliphatic carbocycles. The number of para-hydroxylation sites is 1. The van der Waals surface area contributed by atoms with Crippen molar-refractivity contribution < 1.29 is 14.3 Å². The van der Waals surface area contributed by atoms with Gasteiger partial charge in [-0.15, -0.1) is 0 Å². The van der Waals surface area contributed by atoms with Crippen LogP contribution in [0.15, 0.2) is 24.3 Å². The van der Waals surface area contributed by atoms with Crippen molar-refractivity contribution in [2.75, 3.05) is 31.1 Å². The van der Waals surface area contributed by atoms with Gasteiger partial charge in [0.1, 0.15) is 6.10 Å². The zero-order chi connectivity index (χ0) is 21.7. The Labute approximate surface area is 187 Å². The Bertz CT molecular complexity index is 959. The van der Waals surface area contributed by atoms with E-state index in [9.17, 15) is 9.59 Å². The van der Waals surface area contributed by atoms with E-state index in [1.807, 2.05) is 28.0 Å². The van der Waals surface area contributed by atoms with Gasteiger partial charge in [0.2, 0.25) is 5.91 Å². The number of benzene rings is 1. The molecule has 3 aliphatic heterocycles. The van der Waals surface area contributed by atoms with Crippen molar-refractivity contribution in [2.24, 2.45) is 11.8 Å². The molecule has 7 nitrogen and oxygen atoms in total. The molecule has 4 atom stereocenters. The first-order chi connectivity index (χ1) is 14.9. The molecular formula is C23H30N4O3S. The smallest absolute Gasteiger partial charge is 0.410 e. The van der Waals surface area contributed by atoms with Crippen molar-refractivity contribution in [2.45, 2.75) is 51.8 Å². The third kappa shape index (κ3) is 3.75. The van der Waals surface area contributed by atoms with Gasteiger partial charge in [-0.2, -0.15) is 0 Å². The van der Waals surface area contributed by atoms with E-state index >= 15 is 0 Å². The van der Waals surface area contributed by atoms with Crippen molar-refractivity contribution in [1.82, 2.24) is 14.8 Å². The maximum absolute atomic E-state index is 12.7. The van der Waals surface area contributed by atoms with E-state index in [1.165, 1.54) is 4.70 Å². The van der Waals surface area contributed by atoms with Crippen LogP contribution in [-0.2, 0) is 9.53 Å². The number of thiazole rings is 1. The molecule has 1 aromatic carbocycles. The van der Waals surface area contributed by atoms with Gasteiger partial charge >= 0.3 is 6.09 Å². The molecule has 0 radical (unpaired) electrons. The van der Waals surface area contributed by atoms with E-state index in [1.54, 1.807) is 11.3 Å². The number of fused-ring (bicyclic) bond motifs is 2. The number of aromatic nitrogens is 1. The summed E-state index contributed by atoms with van der Waals surface area (Å²) in [5.74, 6) is 1.06. The zero-order valence-electron chi connectivity index (χ0n) is 18.4. The van der Waals surface area contributed by atoms with Crippen LogP contribution in [0.1, 0.15) is 33.6 Å². The van der Waals surface area contributed by atoms with E-state index in [0.29, 0.717) is 31.3 Å². The highest BCUT2D eigenvalue weighted by Gasteiger charge is 2.51. The lowest BCUT2D eigenvalue weighted by molar-refractivity contribution is -0.131. The Morgan fingerprint density at radius 1 is 1.23 bits per heavy atom. The van der Waals surface area contributed by atoms with Crippen LogP contribution in [0.4, 0.5) is 9.93 Å². The molecule has 1 aromatic heterocycles. The second-order valence-electron chi connectivity index (χ2n) is 9.47. The van der Waals surface area contributed by atoms with Crippen LogP contribution in [0.2, 0.25) is 0 Å². The van der Waals surface area contributed by atoms with Gasteiger partial charge < -0.3 is 14.5 Å². The SMILES string of the molecule is CC(C)C(C)CC(=O)N1CCC(N2C(=O)O[C@H]3CN(c4nc5ccccc5s4)C[C@H]32)C1. The fourth-order valence-corrected chi connectivity index (χ4v) is 5.86. The van der Waals surface area contributed by atoms with Crippen molar-refractivity contribution in [3.05, 3.63) is 24.3 Å². The standard InChI is InChI=1S/C23H30N4O3S/c1-14(2)15(3)10-21(28)25-9-8-16(11-25)27-18-12-26(13-19(18)30-23(27)29)22-24-17-6-4-5-7-20(17)31-22/h4-7,14-16,18-19H,8-13H2,1-3H3/t15?,16?,18-,19+/m1/s1. The van der Waals surface area contributed by atoms with Gasteiger partial charge in [-0.25, -0.2) is 9.78 Å². The number of likely N-dealkylation sites (tertiary alicyclic amines) is 1. The molecule has 3 aliphatic rings. The second kappa shape index (κ2) is 7.97. The summed E-state index contributed by atoms with van der Waals surface area (Å²) < 4.78 is 6.92. The van der Waals surface area contributed by atoms with Gasteiger partial charge in [-0.1, -0.05) is 44.2 Å². The molecule has 0 bridgehead atoms. The molecular weight excluding hydrogens is 412 g/mol. The minimum absolute atomic E-state index is 0.0224. The Morgan fingerprint density at radius 2 is 2.03 bits per heavy atom. The number of rotatable bonds is 5. The number of hydrogen-bond donors (Lipinski definition) is 0. The third-order valence-corrected chi connectivity index (χ3v) is 8.25. The summed E-state index contributed by atoms with van der Waals surface area (Å²) in [6.45, 7) is 9.18. The number of ether oxygens (including phenoxy) is 1.